The van der Waals surface area contributed by atoms with Crippen LogP contribution in [0.3, 0.4) is 0 Å². The summed E-state index contributed by atoms with van der Waals surface area (Å²) >= 11 is 6.08. The van der Waals surface area contributed by atoms with Crippen molar-refractivity contribution in [1.82, 2.24) is 5.32 Å². The molecule has 0 aliphatic heterocycles. The zero-order valence-corrected chi connectivity index (χ0v) is 14.9. The first-order valence-electron chi connectivity index (χ1n) is 7.88. The lowest BCUT2D eigenvalue weighted by atomic mass is 10.1. The number of esters is 1. The maximum Gasteiger partial charge on any atom is 0.331 e. The highest BCUT2D eigenvalue weighted by Gasteiger charge is 2.13. The molecular weight excluding hydrogens is 352 g/mol. The summed E-state index contributed by atoms with van der Waals surface area (Å²) < 4.78 is 4.91. The molecule has 0 heterocycles. The van der Waals surface area contributed by atoms with Gasteiger partial charge in [0.05, 0.1) is 17.7 Å². The van der Waals surface area contributed by atoms with Crippen molar-refractivity contribution in [3.05, 3.63) is 76.3 Å². The van der Waals surface area contributed by atoms with E-state index in [0.717, 1.165) is 11.1 Å². The molecule has 26 heavy (non-hydrogen) atoms. The van der Waals surface area contributed by atoms with Crippen LogP contribution in [0.1, 0.15) is 29.7 Å². The topological polar surface area (TPSA) is 79.2 Å². The first-order valence-corrected chi connectivity index (χ1v) is 8.26. The Morgan fingerprint density at radius 3 is 2.58 bits per heavy atom. The van der Waals surface area contributed by atoms with Crippen LogP contribution in [0.25, 0.3) is 6.08 Å². The average Bonchev–Trinajstić information content (AvgIpc) is 2.65. The van der Waals surface area contributed by atoms with Crippen LogP contribution in [-0.4, -0.2) is 18.5 Å². The normalized spacial score (nSPS) is 11.6. The number of ether oxygens (including phenoxy) is 1. The van der Waals surface area contributed by atoms with Crippen LogP contribution in [-0.2, 0) is 14.3 Å². The van der Waals surface area contributed by atoms with E-state index in [2.05, 4.69) is 5.32 Å². The SMILES string of the molecule is C[C@H](NC(=O)COC(=O)/C=C/c1ccc(C#N)cc1)c1ccccc1Cl. The molecule has 1 atom stereocenters. The molecule has 0 saturated heterocycles. The second kappa shape index (κ2) is 9.40. The maximum atomic E-state index is 11.9. The van der Waals surface area contributed by atoms with Crippen LogP contribution in [0.2, 0.25) is 5.02 Å². The van der Waals surface area contributed by atoms with E-state index in [1.165, 1.54) is 6.08 Å². The van der Waals surface area contributed by atoms with Crippen LogP contribution in [0.4, 0.5) is 0 Å². The number of hydrogen-bond acceptors (Lipinski definition) is 4. The van der Waals surface area contributed by atoms with Crippen molar-refractivity contribution >= 4 is 29.6 Å². The van der Waals surface area contributed by atoms with Crippen LogP contribution in [0.5, 0.6) is 0 Å². The number of benzene rings is 2. The molecule has 0 radical (unpaired) electrons. The molecule has 2 rings (SSSR count). The van der Waals surface area contributed by atoms with E-state index in [9.17, 15) is 9.59 Å². The molecule has 0 aromatic heterocycles. The van der Waals surface area contributed by atoms with Gasteiger partial charge in [0.15, 0.2) is 6.61 Å². The minimum absolute atomic E-state index is 0.302. The van der Waals surface area contributed by atoms with Gasteiger partial charge >= 0.3 is 5.97 Å². The largest absolute Gasteiger partial charge is 0.452 e. The second-order valence-electron chi connectivity index (χ2n) is 5.49. The number of amides is 1. The van der Waals surface area contributed by atoms with E-state index in [1.807, 2.05) is 24.3 Å². The van der Waals surface area contributed by atoms with E-state index in [0.29, 0.717) is 10.6 Å². The number of nitriles is 1. The van der Waals surface area contributed by atoms with E-state index in [4.69, 9.17) is 21.6 Å². The first kappa shape index (κ1) is 19.2. The van der Waals surface area contributed by atoms with Crippen molar-refractivity contribution in [1.29, 1.82) is 5.26 Å². The number of hydrogen-bond donors (Lipinski definition) is 1. The van der Waals surface area contributed by atoms with Crippen molar-refractivity contribution in [3.8, 4) is 6.07 Å². The van der Waals surface area contributed by atoms with Crippen molar-refractivity contribution in [3.63, 3.8) is 0 Å². The lowest BCUT2D eigenvalue weighted by Crippen LogP contribution is -2.31. The Morgan fingerprint density at radius 2 is 1.92 bits per heavy atom. The standard InChI is InChI=1S/C20H17ClN2O3/c1-14(17-4-2-3-5-18(17)21)23-19(24)13-26-20(25)11-10-15-6-8-16(12-22)9-7-15/h2-11,14H,13H2,1H3,(H,23,24)/b11-10+/t14-/m0/s1. The maximum absolute atomic E-state index is 11.9. The van der Waals surface area contributed by atoms with E-state index < -0.39 is 11.9 Å². The van der Waals surface area contributed by atoms with Gasteiger partial charge in [-0.25, -0.2) is 4.79 Å². The fraction of sp³-hybridized carbons (Fsp3) is 0.150. The van der Waals surface area contributed by atoms with Crippen LogP contribution in [0, 0.1) is 11.3 Å². The zero-order chi connectivity index (χ0) is 18.9. The van der Waals surface area contributed by atoms with Crippen molar-refractivity contribution < 1.29 is 14.3 Å². The molecule has 0 spiro atoms. The third-order valence-corrected chi connectivity index (χ3v) is 3.89. The van der Waals surface area contributed by atoms with Crippen molar-refractivity contribution in [2.45, 2.75) is 13.0 Å². The Balaban J connectivity index is 1.81. The summed E-state index contributed by atoms with van der Waals surface area (Å²) in [5.41, 5.74) is 2.07. The molecular formula is C20H17ClN2O3. The third kappa shape index (κ3) is 5.76. The smallest absolute Gasteiger partial charge is 0.331 e. The lowest BCUT2D eigenvalue weighted by molar-refractivity contribution is -0.144. The summed E-state index contributed by atoms with van der Waals surface area (Å²) in [7, 11) is 0. The highest BCUT2D eigenvalue weighted by atomic mass is 35.5. The van der Waals surface area contributed by atoms with Gasteiger partial charge in [0.2, 0.25) is 0 Å². The van der Waals surface area contributed by atoms with E-state index >= 15 is 0 Å². The van der Waals surface area contributed by atoms with Crippen LogP contribution in [0.15, 0.2) is 54.6 Å². The van der Waals surface area contributed by atoms with Gasteiger partial charge in [-0.05, 0) is 42.3 Å². The monoisotopic (exact) mass is 368 g/mol. The molecule has 6 heteroatoms. The molecule has 0 saturated carbocycles. The molecule has 1 amide bonds. The molecule has 0 aliphatic carbocycles. The summed E-state index contributed by atoms with van der Waals surface area (Å²) in [5, 5.41) is 12.0. The van der Waals surface area contributed by atoms with Gasteiger partial charge in [-0.1, -0.05) is 41.9 Å². The second-order valence-corrected chi connectivity index (χ2v) is 5.89. The van der Waals surface area contributed by atoms with E-state index in [-0.39, 0.29) is 12.6 Å². The quantitative estimate of drug-likeness (QED) is 0.623. The van der Waals surface area contributed by atoms with Crippen molar-refractivity contribution in [2.75, 3.05) is 6.61 Å². The first-order chi connectivity index (χ1) is 12.5. The fourth-order valence-electron chi connectivity index (χ4n) is 2.20. The molecule has 0 unspecified atom stereocenters. The average molecular weight is 369 g/mol. The Labute approximate surface area is 156 Å². The Kier molecular flexibility index (Phi) is 6.95. The van der Waals surface area contributed by atoms with Crippen LogP contribution >= 0.6 is 11.6 Å². The molecule has 0 aliphatic rings. The zero-order valence-electron chi connectivity index (χ0n) is 14.1. The third-order valence-electron chi connectivity index (χ3n) is 3.55. The lowest BCUT2D eigenvalue weighted by Gasteiger charge is -2.15. The molecule has 5 nitrogen and oxygen atoms in total. The fourth-order valence-corrected chi connectivity index (χ4v) is 2.50. The van der Waals surface area contributed by atoms with Gasteiger partial charge in [-0.2, -0.15) is 5.26 Å². The van der Waals surface area contributed by atoms with Gasteiger partial charge in [0.1, 0.15) is 0 Å². The number of nitrogens with one attached hydrogen (secondary N) is 1. The van der Waals surface area contributed by atoms with Gasteiger partial charge in [0, 0.05) is 11.1 Å². The number of nitrogens with zero attached hydrogens (tertiary/aromatic N) is 1. The number of halogens is 1. The molecule has 2 aromatic rings. The molecule has 1 N–H and O–H groups in total. The Bertz CT molecular complexity index is 854. The predicted octanol–water partition coefficient (Wildman–Crippen LogP) is 3.65. The molecule has 0 fully saturated rings. The van der Waals surface area contributed by atoms with Gasteiger partial charge < -0.3 is 10.1 Å². The van der Waals surface area contributed by atoms with Gasteiger partial charge in [-0.15, -0.1) is 0 Å². The summed E-state index contributed by atoms with van der Waals surface area (Å²) in [6, 6.07) is 15.6. The minimum Gasteiger partial charge on any atom is -0.452 e. The summed E-state index contributed by atoms with van der Waals surface area (Å²) in [6.07, 6.45) is 2.78. The Morgan fingerprint density at radius 1 is 1.23 bits per heavy atom. The minimum atomic E-state index is -0.630. The molecule has 2 aromatic carbocycles. The highest BCUT2D eigenvalue weighted by Crippen LogP contribution is 2.21. The van der Waals surface area contributed by atoms with Gasteiger partial charge in [-0.3, -0.25) is 4.79 Å². The summed E-state index contributed by atoms with van der Waals surface area (Å²) in [4.78, 5) is 23.6. The summed E-state index contributed by atoms with van der Waals surface area (Å²) in [5.74, 6) is -1.05. The molecule has 132 valence electrons. The number of carbonyl (C=O) groups excluding carboxylic acids is 2. The van der Waals surface area contributed by atoms with Crippen molar-refractivity contribution in [2.24, 2.45) is 0 Å². The summed E-state index contributed by atoms with van der Waals surface area (Å²) in [6.45, 7) is 1.41. The number of rotatable bonds is 6. The van der Waals surface area contributed by atoms with Gasteiger partial charge in [0.25, 0.3) is 5.91 Å². The molecule has 0 bridgehead atoms. The Hall–Kier alpha value is -3.10. The van der Waals surface area contributed by atoms with Crippen LogP contribution < -0.4 is 5.32 Å². The number of carbonyl (C=O) groups is 2. The van der Waals surface area contributed by atoms with E-state index in [1.54, 1.807) is 43.3 Å². The highest BCUT2D eigenvalue weighted by molar-refractivity contribution is 6.31. The predicted molar refractivity (Wildman–Crippen MR) is 99.2 cm³/mol.